The Morgan fingerprint density at radius 3 is 2.45 bits per heavy atom. The Labute approximate surface area is 119 Å². The van der Waals surface area contributed by atoms with Crippen molar-refractivity contribution in [1.29, 1.82) is 0 Å². The molecule has 0 spiro atoms. The molecule has 1 atom stereocenters. The average Bonchev–Trinajstić information content (AvgIpc) is 2.47. The summed E-state index contributed by atoms with van der Waals surface area (Å²) in [7, 11) is -3.61. The Hall–Kier alpha value is -1.85. The van der Waals surface area contributed by atoms with E-state index in [-0.39, 0.29) is 4.90 Å². The summed E-state index contributed by atoms with van der Waals surface area (Å²) in [5, 5.41) is 9.73. The minimum atomic E-state index is -3.61. The van der Waals surface area contributed by atoms with Crippen molar-refractivity contribution in [2.24, 2.45) is 0 Å². The Kier molecular flexibility index (Phi) is 4.42. The maximum absolute atomic E-state index is 12.2. The number of hydrogen-bond donors (Lipinski definition) is 2. The molecule has 1 unspecified atom stereocenters. The van der Waals surface area contributed by atoms with Crippen LogP contribution in [0.15, 0.2) is 59.5 Å². The van der Waals surface area contributed by atoms with Gasteiger partial charge in [-0.1, -0.05) is 37.3 Å². The molecule has 0 aliphatic rings. The van der Waals surface area contributed by atoms with Crippen molar-refractivity contribution in [1.82, 2.24) is 0 Å². The largest absolute Gasteiger partial charge is 0.388 e. The standard InChI is InChI=1S/C15H16NO3S/c1-2-15(17)12-7-6-8-13(11-12)16-20(18,19)14-9-4-3-5-10-14/h3-11,15-17H,1-2H2. The fraction of sp³-hybridized carbons (Fsp3) is 0.133. The fourth-order valence-electron chi connectivity index (χ4n) is 1.79. The minimum absolute atomic E-state index is 0.197. The number of rotatable bonds is 5. The Morgan fingerprint density at radius 2 is 1.80 bits per heavy atom. The van der Waals surface area contributed by atoms with E-state index in [9.17, 15) is 13.5 Å². The Balaban J connectivity index is 2.26. The molecule has 0 heterocycles. The summed E-state index contributed by atoms with van der Waals surface area (Å²) >= 11 is 0. The minimum Gasteiger partial charge on any atom is -0.388 e. The lowest BCUT2D eigenvalue weighted by Crippen LogP contribution is -2.13. The topological polar surface area (TPSA) is 66.4 Å². The van der Waals surface area contributed by atoms with Gasteiger partial charge < -0.3 is 5.11 Å². The maximum Gasteiger partial charge on any atom is 0.261 e. The molecule has 0 aliphatic carbocycles. The van der Waals surface area contributed by atoms with Gasteiger partial charge in [0.1, 0.15) is 0 Å². The second-order valence-corrected chi connectivity index (χ2v) is 6.03. The van der Waals surface area contributed by atoms with Crippen molar-refractivity contribution in [2.45, 2.75) is 17.4 Å². The van der Waals surface area contributed by atoms with Gasteiger partial charge >= 0.3 is 0 Å². The van der Waals surface area contributed by atoms with Crippen LogP contribution in [-0.4, -0.2) is 13.5 Å². The molecule has 0 aromatic heterocycles. The molecule has 0 saturated heterocycles. The third-order valence-corrected chi connectivity index (χ3v) is 4.25. The van der Waals surface area contributed by atoms with E-state index in [1.54, 1.807) is 42.5 Å². The van der Waals surface area contributed by atoms with E-state index in [0.29, 0.717) is 17.7 Å². The molecule has 0 saturated carbocycles. The van der Waals surface area contributed by atoms with Crippen LogP contribution in [0.3, 0.4) is 0 Å². The van der Waals surface area contributed by atoms with Crippen molar-refractivity contribution in [3.63, 3.8) is 0 Å². The van der Waals surface area contributed by atoms with Crippen LogP contribution in [0.2, 0.25) is 0 Å². The highest BCUT2D eigenvalue weighted by molar-refractivity contribution is 7.92. The van der Waals surface area contributed by atoms with Crippen LogP contribution in [0, 0.1) is 6.92 Å². The van der Waals surface area contributed by atoms with Crippen molar-refractivity contribution in [3.05, 3.63) is 67.1 Å². The monoisotopic (exact) mass is 290 g/mol. The lowest BCUT2D eigenvalue weighted by Gasteiger charge is -2.12. The lowest BCUT2D eigenvalue weighted by molar-refractivity contribution is 0.181. The van der Waals surface area contributed by atoms with Crippen molar-refractivity contribution in [3.8, 4) is 0 Å². The maximum atomic E-state index is 12.2. The van der Waals surface area contributed by atoms with Crippen molar-refractivity contribution < 1.29 is 13.5 Å². The molecule has 2 aromatic carbocycles. The normalized spacial score (nSPS) is 12.9. The van der Waals surface area contributed by atoms with Gasteiger partial charge in [-0.3, -0.25) is 4.72 Å². The van der Waals surface area contributed by atoms with E-state index in [1.807, 2.05) is 0 Å². The van der Waals surface area contributed by atoms with Crippen LogP contribution in [0.1, 0.15) is 18.1 Å². The summed E-state index contributed by atoms with van der Waals surface area (Å²) in [4.78, 5) is 0.197. The zero-order valence-electron chi connectivity index (χ0n) is 10.9. The lowest BCUT2D eigenvalue weighted by atomic mass is 10.1. The Bertz CT molecular complexity index is 669. The van der Waals surface area contributed by atoms with Gasteiger partial charge in [0.05, 0.1) is 11.0 Å². The number of hydrogen-bond acceptors (Lipinski definition) is 3. The van der Waals surface area contributed by atoms with Gasteiger partial charge in [0.25, 0.3) is 10.0 Å². The summed E-state index contributed by atoms with van der Waals surface area (Å²) in [5.41, 5.74) is 1.05. The molecule has 0 amide bonds. The average molecular weight is 290 g/mol. The van der Waals surface area contributed by atoms with Gasteiger partial charge in [0, 0.05) is 5.69 Å². The van der Waals surface area contributed by atoms with Crippen LogP contribution in [0.25, 0.3) is 0 Å². The smallest absolute Gasteiger partial charge is 0.261 e. The van der Waals surface area contributed by atoms with Gasteiger partial charge in [0.2, 0.25) is 0 Å². The van der Waals surface area contributed by atoms with E-state index in [1.165, 1.54) is 12.1 Å². The molecular formula is C15H16NO3S. The quantitative estimate of drug-likeness (QED) is 0.889. The summed E-state index contributed by atoms with van der Waals surface area (Å²) in [6, 6.07) is 14.8. The molecule has 2 N–H and O–H groups in total. The van der Waals surface area contributed by atoms with Crippen LogP contribution in [-0.2, 0) is 10.0 Å². The second-order valence-electron chi connectivity index (χ2n) is 4.35. The summed E-state index contributed by atoms with van der Waals surface area (Å²) in [5.74, 6) is 0. The summed E-state index contributed by atoms with van der Waals surface area (Å²) in [6.07, 6.45) is -0.370. The molecular weight excluding hydrogens is 274 g/mol. The molecule has 20 heavy (non-hydrogen) atoms. The van der Waals surface area contributed by atoms with E-state index < -0.39 is 16.1 Å². The number of aliphatic hydroxyl groups is 1. The molecule has 5 heteroatoms. The van der Waals surface area contributed by atoms with Crippen LogP contribution in [0.4, 0.5) is 5.69 Å². The second kappa shape index (κ2) is 6.07. The summed E-state index contributed by atoms with van der Waals surface area (Å²) in [6.45, 7) is 3.63. The number of nitrogens with one attached hydrogen (secondary N) is 1. The van der Waals surface area contributed by atoms with Gasteiger partial charge in [0.15, 0.2) is 0 Å². The van der Waals surface area contributed by atoms with Crippen LogP contribution in [0.5, 0.6) is 0 Å². The van der Waals surface area contributed by atoms with E-state index in [0.717, 1.165) is 0 Å². The van der Waals surface area contributed by atoms with Crippen molar-refractivity contribution >= 4 is 15.7 Å². The molecule has 2 aromatic rings. The molecule has 1 radical (unpaired) electrons. The van der Waals surface area contributed by atoms with E-state index >= 15 is 0 Å². The SMILES string of the molecule is [CH2]CC(O)c1cccc(NS(=O)(=O)c2ccccc2)c1. The predicted molar refractivity (Wildman–Crippen MR) is 78.6 cm³/mol. The zero-order valence-corrected chi connectivity index (χ0v) is 11.7. The zero-order chi connectivity index (χ0) is 14.6. The van der Waals surface area contributed by atoms with E-state index in [2.05, 4.69) is 11.6 Å². The molecule has 105 valence electrons. The molecule has 0 fully saturated rings. The van der Waals surface area contributed by atoms with Crippen molar-refractivity contribution in [2.75, 3.05) is 4.72 Å². The Morgan fingerprint density at radius 1 is 1.10 bits per heavy atom. The van der Waals surface area contributed by atoms with Crippen LogP contribution >= 0.6 is 0 Å². The molecule has 4 nitrogen and oxygen atoms in total. The third-order valence-electron chi connectivity index (χ3n) is 2.85. The fourth-order valence-corrected chi connectivity index (χ4v) is 2.86. The first-order valence-corrected chi connectivity index (χ1v) is 7.66. The number of anilines is 1. The highest BCUT2D eigenvalue weighted by Crippen LogP contribution is 2.22. The van der Waals surface area contributed by atoms with Gasteiger partial charge in [-0.25, -0.2) is 8.42 Å². The van der Waals surface area contributed by atoms with Crippen LogP contribution < -0.4 is 4.72 Å². The molecule has 2 rings (SSSR count). The predicted octanol–water partition coefficient (Wildman–Crippen LogP) is 2.74. The first kappa shape index (κ1) is 14.6. The first-order valence-electron chi connectivity index (χ1n) is 6.18. The third kappa shape index (κ3) is 3.37. The highest BCUT2D eigenvalue weighted by Gasteiger charge is 2.14. The van der Waals surface area contributed by atoms with Gasteiger partial charge in [-0.15, -0.1) is 0 Å². The number of aliphatic hydroxyl groups excluding tert-OH is 1. The van der Waals surface area contributed by atoms with Gasteiger partial charge in [-0.2, -0.15) is 0 Å². The molecule has 0 bridgehead atoms. The molecule has 0 aliphatic heterocycles. The van der Waals surface area contributed by atoms with E-state index in [4.69, 9.17) is 0 Å². The summed E-state index contributed by atoms with van der Waals surface area (Å²) < 4.78 is 26.8. The highest BCUT2D eigenvalue weighted by atomic mass is 32.2. The number of benzene rings is 2. The first-order chi connectivity index (χ1) is 9.53. The number of sulfonamides is 1. The van der Waals surface area contributed by atoms with Gasteiger partial charge in [-0.05, 0) is 36.2 Å².